The van der Waals surface area contributed by atoms with Crippen LogP contribution in [0.2, 0.25) is 0 Å². The van der Waals surface area contributed by atoms with Crippen molar-refractivity contribution in [3.63, 3.8) is 0 Å². The predicted octanol–water partition coefficient (Wildman–Crippen LogP) is 4.50. The molecular formula is C28H40FN3O4. The zero-order valence-corrected chi connectivity index (χ0v) is 21.5. The lowest BCUT2D eigenvalue weighted by Gasteiger charge is -2.36. The van der Waals surface area contributed by atoms with Gasteiger partial charge in [0.05, 0.1) is 18.4 Å². The van der Waals surface area contributed by atoms with Crippen molar-refractivity contribution in [3.8, 4) is 0 Å². The Morgan fingerprint density at radius 1 is 1.06 bits per heavy atom. The Labute approximate surface area is 213 Å². The number of carbonyl (C=O) groups excluding carboxylic acids is 3. The normalized spacial score (nSPS) is 27.9. The van der Waals surface area contributed by atoms with Gasteiger partial charge in [-0.15, -0.1) is 0 Å². The number of likely N-dealkylation sites (tertiary alicyclic amines) is 1. The summed E-state index contributed by atoms with van der Waals surface area (Å²) in [6.07, 6.45) is 9.90. The van der Waals surface area contributed by atoms with Crippen LogP contribution in [0.15, 0.2) is 18.2 Å². The van der Waals surface area contributed by atoms with Crippen molar-refractivity contribution >= 4 is 23.5 Å². The average Bonchev–Trinajstić information content (AvgIpc) is 3.35. The molecule has 0 bridgehead atoms. The van der Waals surface area contributed by atoms with Gasteiger partial charge in [-0.1, -0.05) is 32.1 Å². The zero-order chi connectivity index (χ0) is 25.8. The first-order valence-electron chi connectivity index (χ1n) is 13.5. The Morgan fingerprint density at radius 2 is 1.75 bits per heavy atom. The van der Waals surface area contributed by atoms with Gasteiger partial charge in [0.15, 0.2) is 0 Å². The number of nitrogens with two attached hydrogens (primary N) is 1. The second-order valence-corrected chi connectivity index (χ2v) is 11.0. The fourth-order valence-corrected chi connectivity index (χ4v) is 6.65. The van der Waals surface area contributed by atoms with Crippen LogP contribution >= 0.6 is 0 Å². The molecule has 1 heterocycles. The topological polar surface area (TPSA) is 102 Å². The van der Waals surface area contributed by atoms with Gasteiger partial charge in [-0.05, 0) is 75.0 Å². The molecule has 3 atom stereocenters. The van der Waals surface area contributed by atoms with Crippen molar-refractivity contribution < 1.29 is 23.5 Å². The molecule has 7 nitrogen and oxygen atoms in total. The Balaban J connectivity index is 1.52. The number of amides is 2. The van der Waals surface area contributed by atoms with Gasteiger partial charge in [0.2, 0.25) is 11.8 Å². The summed E-state index contributed by atoms with van der Waals surface area (Å²) < 4.78 is 19.4. The van der Waals surface area contributed by atoms with E-state index in [0.29, 0.717) is 18.4 Å². The summed E-state index contributed by atoms with van der Waals surface area (Å²) in [6.45, 7) is 2.59. The highest BCUT2D eigenvalue weighted by molar-refractivity contribution is 5.99. The standard InChI is InChI=1S/C28H40FN3O4/c1-17(30)18-8-10-20(11-9-18)27(34)32-15-14-22(19-6-4-3-5-7-19)25(32)26(33)31-24-13-12-21(16-23(24)29)28(35)36-2/h12-13,16-20,22,25H,3-11,14-15,30H2,1-2H3,(H,31,33)/t17?,18-,20-,22-,25+/m1/s1. The monoisotopic (exact) mass is 501 g/mol. The molecule has 36 heavy (non-hydrogen) atoms. The number of esters is 1. The third-order valence-corrected chi connectivity index (χ3v) is 8.76. The summed E-state index contributed by atoms with van der Waals surface area (Å²) in [7, 11) is 1.23. The first kappa shape index (κ1) is 26.6. The maximum absolute atomic E-state index is 14.8. The van der Waals surface area contributed by atoms with Gasteiger partial charge < -0.3 is 20.7 Å². The molecule has 8 heteroatoms. The zero-order valence-electron chi connectivity index (χ0n) is 21.5. The number of nitrogens with one attached hydrogen (secondary N) is 1. The first-order chi connectivity index (χ1) is 17.3. The van der Waals surface area contributed by atoms with Crippen molar-refractivity contribution in [1.29, 1.82) is 0 Å². The number of nitrogens with zero attached hydrogens (tertiary/aromatic N) is 1. The number of halogens is 1. The molecule has 2 amide bonds. The summed E-state index contributed by atoms with van der Waals surface area (Å²) in [5, 5.41) is 2.74. The van der Waals surface area contributed by atoms with Gasteiger partial charge in [0, 0.05) is 18.5 Å². The number of hydrogen-bond acceptors (Lipinski definition) is 5. The van der Waals surface area contributed by atoms with Gasteiger partial charge >= 0.3 is 5.97 Å². The lowest BCUT2D eigenvalue weighted by molar-refractivity contribution is -0.142. The quantitative estimate of drug-likeness (QED) is 0.559. The fourth-order valence-electron chi connectivity index (χ4n) is 6.65. The minimum Gasteiger partial charge on any atom is -0.465 e. The van der Waals surface area contributed by atoms with E-state index in [1.807, 2.05) is 6.92 Å². The number of anilines is 1. The molecule has 3 aliphatic rings. The van der Waals surface area contributed by atoms with E-state index in [9.17, 15) is 18.8 Å². The van der Waals surface area contributed by atoms with Gasteiger partial charge in [-0.2, -0.15) is 0 Å². The molecule has 1 saturated heterocycles. The molecular weight excluding hydrogens is 461 g/mol. The van der Waals surface area contributed by atoms with Crippen LogP contribution in [0.5, 0.6) is 0 Å². The third-order valence-electron chi connectivity index (χ3n) is 8.76. The summed E-state index contributed by atoms with van der Waals surface area (Å²) in [5.74, 6) is -0.807. The molecule has 1 aromatic rings. The molecule has 0 radical (unpaired) electrons. The molecule has 3 fully saturated rings. The summed E-state index contributed by atoms with van der Waals surface area (Å²) in [5.41, 5.74) is 6.17. The lowest BCUT2D eigenvalue weighted by atomic mass is 9.76. The minimum absolute atomic E-state index is 0.00628. The molecule has 3 N–H and O–H groups in total. The number of ether oxygens (including phenoxy) is 1. The van der Waals surface area contributed by atoms with Crippen molar-refractivity contribution in [1.82, 2.24) is 4.90 Å². The number of benzene rings is 1. The van der Waals surface area contributed by atoms with E-state index in [1.165, 1.54) is 25.7 Å². The van der Waals surface area contributed by atoms with Crippen LogP contribution in [0, 0.1) is 29.5 Å². The lowest BCUT2D eigenvalue weighted by Crippen LogP contribution is -2.50. The number of hydrogen-bond donors (Lipinski definition) is 2. The Hall–Kier alpha value is -2.48. The van der Waals surface area contributed by atoms with Crippen LogP contribution in [0.4, 0.5) is 10.1 Å². The van der Waals surface area contributed by atoms with E-state index in [1.54, 1.807) is 4.90 Å². The largest absolute Gasteiger partial charge is 0.465 e. The van der Waals surface area contributed by atoms with E-state index in [4.69, 9.17) is 5.73 Å². The van der Waals surface area contributed by atoms with Gasteiger partial charge in [0.1, 0.15) is 11.9 Å². The predicted molar refractivity (Wildman–Crippen MR) is 136 cm³/mol. The Kier molecular flexibility index (Phi) is 8.65. The van der Waals surface area contributed by atoms with Crippen molar-refractivity contribution in [3.05, 3.63) is 29.6 Å². The van der Waals surface area contributed by atoms with E-state index < -0.39 is 17.8 Å². The van der Waals surface area contributed by atoms with E-state index in [0.717, 1.165) is 63.9 Å². The number of methoxy groups -OCH3 is 1. The smallest absolute Gasteiger partial charge is 0.337 e. The van der Waals surface area contributed by atoms with Gasteiger partial charge in [-0.25, -0.2) is 9.18 Å². The summed E-state index contributed by atoms with van der Waals surface area (Å²) in [4.78, 5) is 40.8. The molecule has 1 aliphatic heterocycles. The maximum atomic E-state index is 14.8. The molecule has 4 rings (SSSR count). The van der Waals surface area contributed by atoms with Gasteiger partial charge in [-0.3, -0.25) is 9.59 Å². The highest BCUT2D eigenvalue weighted by Gasteiger charge is 2.47. The molecule has 0 spiro atoms. The van der Waals surface area contributed by atoms with E-state index in [2.05, 4.69) is 10.1 Å². The Morgan fingerprint density at radius 3 is 2.36 bits per heavy atom. The highest BCUT2D eigenvalue weighted by Crippen LogP contribution is 2.41. The van der Waals surface area contributed by atoms with Crippen molar-refractivity contribution in [2.45, 2.75) is 83.2 Å². The van der Waals surface area contributed by atoms with Crippen molar-refractivity contribution in [2.75, 3.05) is 19.0 Å². The minimum atomic E-state index is -0.703. The van der Waals surface area contributed by atoms with Crippen molar-refractivity contribution in [2.24, 2.45) is 29.4 Å². The summed E-state index contributed by atoms with van der Waals surface area (Å²) >= 11 is 0. The van der Waals surface area contributed by atoms with Crippen LogP contribution < -0.4 is 11.1 Å². The molecule has 0 aromatic heterocycles. The number of carbonyl (C=O) groups is 3. The fraction of sp³-hybridized carbons (Fsp3) is 0.679. The third kappa shape index (κ3) is 5.74. The molecule has 198 valence electrons. The van der Waals surface area contributed by atoms with E-state index >= 15 is 0 Å². The van der Waals surface area contributed by atoms with Gasteiger partial charge in [0.25, 0.3) is 0 Å². The molecule has 2 aliphatic carbocycles. The van der Waals surface area contributed by atoms with E-state index in [-0.39, 0.29) is 40.9 Å². The molecule has 1 unspecified atom stereocenters. The molecule has 2 saturated carbocycles. The SMILES string of the molecule is COC(=O)c1ccc(NC(=O)[C@@H]2[C@@H](C3CCCCC3)CCN2C(=O)[C@H]2CC[C@H](C(C)N)CC2)c(F)c1. The van der Waals surface area contributed by atoms with Crippen LogP contribution in [-0.4, -0.2) is 48.4 Å². The van der Waals surface area contributed by atoms with Crippen LogP contribution in [0.25, 0.3) is 0 Å². The number of rotatable bonds is 6. The average molecular weight is 502 g/mol. The first-order valence-corrected chi connectivity index (χ1v) is 13.5. The van der Waals surface area contributed by atoms with Crippen LogP contribution in [0.3, 0.4) is 0 Å². The Bertz CT molecular complexity index is 954. The summed E-state index contributed by atoms with van der Waals surface area (Å²) in [6, 6.07) is 3.39. The maximum Gasteiger partial charge on any atom is 0.337 e. The molecule has 1 aromatic carbocycles. The second kappa shape index (κ2) is 11.7. The van der Waals surface area contributed by atoms with Crippen LogP contribution in [-0.2, 0) is 14.3 Å². The van der Waals surface area contributed by atoms with Crippen LogP contribution in [0.1, 0.15) is 81.5 Å². The highest BCUT2D eigenvalue weighted by atomic mass is 19.1. The second-order valence-electron chi connectivity index (χ2n) is 11.0.